The van der Waals surface area contributed by atoms with Crippen LogP contribution in [0.15, 0.2) is 114 Å². The third-order valence-electron chi connectivity index (χ3n) is 7.07. The molecule has 1 aliphatic rings. The number of aryl methyl sites for hydroxylation is 1. The minimum Gasteiger partial charge on any atom is -0.457 e. The number of aromatic nitrogens is 2. The topological polar surface area (TPSA) is 42.3 Å². The van der Waals surface area contributed by atoms with Crippen LogP contribution in [0.2, 0.25) is 0 Å². The molecule has 1 fully saturated rings. The van der Waals surface area contributed by atoms with Gasteiger partial charge in [0.05, 0.1) is 17.8 Å². The zero-order valence-electron chi connectivity index (χ0n) is 21.6. The number of nitrogens with zero attached hydrogens (tertiary/aromatic N) is 3. The van der Waals surface area contributed by atoms with E-state index >= 15 is 0 Å². The summed E-state index contributed by atoms with van der Waals surface area (Å²) in [6, 6.07) is 34.4. The van der Waals surface area contributed by atoms with Gasteiger partial charge in [-0.3, -0.25) is 4.98 Å². The number of rotatable bonds is 6. The van der Waals surface area contributed by atoms with E-state index in [4.69, 9.17) is 21.9 Å². The Labute approximate surface area is 242 Å². The van der Waals surface area contributed by atoms with Gasteiger partial charge in [0.2, 0.25) is 0 Å². The van der Waals surface area contributed by atoms with Crippen LogP contribution in [0.3, 0.4) is 0 Å². The predicted octanol–water partition coefficient (Wildman–Crippen LogP) is 8.22. The molecule has 1 aliphatic heterocycles. The number of halogens is 1. The van der Waals surface area contributed by atoms with E-state index in [0.29, 0.717) is 5.11 Å². The number of nitrogens with one attached hydrogen (secondary N) is 1. The van der Waals surface area contributed by atoms with Crippen LogP contribution in [0.5, 0.6) is 11.5 Å². The molecule has 0 radical (unpaired) electrons. The lowest BCUT2D eigenvalue weighted by atomic mass is 9.96. The molecule has 1 saturated heterocycles. The molecule has 0 spiro atoms. The van der Waals surface area contributed by atoms with Gasteiger partial charge in [-0.25, -0.2) is 0 Å². The monoisotopic (exact) mass is 594 g/mol. The Bertz CT molecular complexity index is 1600. The highest BCUT2D eigenvalue weighted by atomic mass is 79.9. The average molecular weight is 596 g/mol. The fraction of sp³-hybridized carbons (Fsp3) is 0.125. The van der Waals surface area contributed by atoms with Crippen molar-refractivity contribution in [3.05, 3.63) is 136 Å². The molecule has 3 aromatic carbocycles. The van der Waals surface area contributed by atoms with E-state index in [0.717, 1.165) is 38.7 Å². The molecule has 6 rings (SSSR count). The molecule has 7 heteroatoms. The van der Waals surface area contributed by atoms with E-state index in [1.54, 1.807) is 0 Å². The van der Waals surface area contributed by atoms with Gasteiger partial charge < -0.3 is 19.5 Å². The minimum absolute atomic E-state index is 0.0938. The largest absolute Gasteiger partial charge is 0.457 e. The summed E-state index contributed by atoms with van der Waals surface area (Å²) in [4.78, 5) is 6.91. The van der Waals surface area contributed by atoms with Gasteiger partial charge in [-0.1, -0.05) is 40.2 Å². The number of thiocarbonyl (C=S) groups is 1. The molecule has 0 bridgehead atoms. The van der Waals surface area contributed by atoms with E-state index in [1.807, 2.05) is 60.8 Å². The van der Waals surface area contributed by atoms with Crippen molar-refractivity contribution in [1.29, 1.82) is 0 Å². The first-order valence-corrected chi connectivity index (χ1v) is 14.0. The third-order valence-corrected chi connectivity index (χ3v) is 7.91. The van der Waals surface area contributed by atoms with E-state index < -0.39 is 0 Å². The van der Waals surface area contributed by atoms with Crippen LogP contribution in [-0.4, -0.2) is 14.7 Å². The first-order chi connectivity index (χ1) is 19.0. The van der Waals surface area contributed by atoms with Gasteiger partial charge in [0.1, 0.15) is 11.5 Å². The number of para-hydroxylation sites is 1. The Morgan fingerprint density at radius 2 is 1.49 bits per heavy atom. The summed E-state index contributed by atoms with van der Waals surface area (Å²) in [5, 5.41) is 4.24. The highest BCUT2D eigenvalue weighted by molar-refractivity contribution is 9.10. The third kappa shape index (κ3) is 4.95. The Kier molecular flexibility index (Phi) is 6.94. The lowest BCUT2D eigenvalue weighted by Gasteiger charge is -2.28. The molecule has 2 unspecified atom stereocenters. The van der Waals surface area contributed by atoms with E-state index in [-0.39, 0.29) is 12.1 Å². The first-order valence-electron chi connectivity index (χ1n) is 12.8. The van der Waals surface area contributed by atoms with Crippen molar-refractivity contribution < 1.29 is 4.74 Å². The molecule has 194 valence electrons. The van der Waals surface area contributed by atoms with Gasteiger partial charge >= 0.3 is 0 Å². The summed E-state index contributed by atoms with van der Waals surface area (Å²) >= 11 is 9.51. The summed E-state index contributed by atoms with van der Waals surface area (Å²) in [6.45, 7) is 4.32. The van der Waals surface area contributed by atoms with Crippen LogP contribution in [-0.2, 0) is 0 Å². The Morgan fingerprint density at radius 1 is 0.821 bits per heavy atom. The molecule has 0 amide bonds. The van der Waals surface area contributed by atoms with Crippen molar-refractivity contribution in [2.75, 3.05) is 4.90 Å². The molecule has 5 aromatic rings. The predicted molar refractivity (Wildman–Crippen MR) is 164 cm³/mol. The average Bonchev–Trinajstić information content (AvgIpc) is 3.45. The normalized spacial score (nSPS) is 16.8. The molecule has 39 heavy (non-hydrogen) atoms. The zero-order chi connectivity index (χ0) is 26.9. The molecular formula is C32H27BrN4OS. The molecule has 5 nitrogen and oxygen atoms in total. The van der Waals surface area contributed by atoms with Crippen LogP contribution in [0.4, 0.5) is 5.69 Å². The summed E-state index contributed by atoms with van der Waals surface area (Å²) in [5.74, 6) is 1.58. The van der Waals surface area contributed by atoms with Crippen molar-refractivity contribution in [1.82, 2.24) is 14.9 Å². The Hall–Kier alpha value is -3.94. The van der Waals surface area contributed by atoms with Crippen LogP contribution < -0.4 is 15.0 Å². The number of benzene rings is 3. The van der Waals surface area contributed by atoms with Gasteiger partial charge in [-0.05, 0) is 110 Å². The van der Waals surface area contributed by atoms with Crippen LogP contribution >= 0.6 is 28.1 Å². The summed E-state index contributed by atoms with van der Waals surface area (Å²) in [5.41, 5.74) is 6.59. The standard InChI is InChI=1S/C32H27BrN4OS/c1-21-20-28(22(2)36(21)24-13-11-23(33)12-14-24)31-30(29-10-6-7-19-34-29)35-32(39)37(31)25-15-17-27(18-16-25)38-26-8-4-3-5-9-26/h3-20,30-31H,1-2H3,(H,35,39). The van der Waals surface area contributed by atoms with Crippen molar-refractivity contribution in [2.45, 2.75) is 25.9 Å². The number of hydrogen-bond donors (Lipinski definition) is 1. The molecule has 0 aliphatic carbocycles. The van der Waals surface area contributed by atoms with Gasteiger partial charge in [-0.15, -0.1) is 0 Å². The maximum atomic E-state index is 6.04. The van der Waals surface area contributed by atoms with Gasteiger partial charge in [0.15, 0.2) is 5.11 Å². The molecule has 3 heterocycles. The minimum atomic E-state index is -0.113. The SMILES string of the molecule is Cc1cc(C2C(c3ccccn3)NC(=S)N2c2ccc(Oc3ccccc3)cc2)c(C)n1-c1ccc(Br)cc1. The fourth-order valence-electron chi connectivity index (χ4n) is 5.32. The lowest BCUT2D eigenvalue weighted by Crippen LogP contribution is -2.29. The van der Waals surface area contributed by atoms with Crippen molar-refractivity contribution >= 4 is 38.9 Å². The van der Waals surface area contributed by atoms with Crippen molar-refractivity contribution in [3.8, 4) is 17.2 Å². The smallest absolute Gasteiger partial charge is 0.174 e. The number of pyridine rings is 1. The van der Waals surface area contributed by atoms with Gasteiger partial charge in [0.25, 0.3) is 0 Å². The van der Waals surface area contributed by atoms with Crippen LogP contribution in [0.25, 0.3) is 5.69 Å². The second kappa shape index (κ2) is 10.7. The highest BCUT2D eigenvalue weighted by Crippen LogP contribution is 2.44. The van der Waals surface area contributed by atoms with Gasteiger partial charge in [0, 0.05) is 33.4 Å². The number of anilines is 1. The molecule has 1 N–H and O–H groups in total. The quantitative estimate of drug-likeness (QED) is 0.201. The van der Waals surface area contributed by atoms with Crippen molar-refractivity contribution in [2.24, 2.45) is 0 Å². The lowest BCUT2D eigenvalue weighted by molar-refractivity contribution is 0.482. The first kappa shape index (κ1) is 25.3. The molecular weight excluding hydrogens is 568 g/mol. The number of ether oxygens (including phenoxy) is 1. The molecule has 2 aromatic heterocycles. The van der Waals surface area contributed by atoms with E-state index in [9.17, 15) is 0 Å². The maximum Gasteiger partial charge on any atom is 0.174 e. The summed E-state index contributed by atoms with van der Waals surface area (Å²) in [7, 11) is 0. The van der Waals surface area contributed by atoms with Crippen LogP contribution in [0, 0.1) is 13.8 Å². The van der Waals surface area contributed by atoms with Gasteiger partial charge in [-0.2, -0.15) is 0 Å². The summed E-state index contributed by atoms with van der Waals surface area (Å²) in [6.07, 6.45) is 1.83. The molecule has 2 atom stereocenters. The Morgan fingerprint density at radius 3 is 2.18 bits per heavy atom. The Balaban J connectivity index is 1.41. The van der Waals surface area contributed by atoms with E-state index in [2.05, 4.69) is 93.1 Å². The van der Waals surface area contributed by atoms with Crippen molar-refractivity contribution in [3.63, 3.8) is 0 Å². The zero-order valence-corrected chi connectivity index (χ0v) is 24.0. The second-order valence-electron chi connectivity index (χ2n) is 9.54. The summed E-state index contributed by atoms with van der Waals surface area (Å²) < 4.78 is 9.39. The van der Waals surface area contributed by atoms with E-state index in [1.165, 1.54) is 11.3 Å². The maximum absolute atomic E-state index is 6.04. The van der Waals surface area contributed by atoms with Crippen LogP contribution in [0.1, 0.15) is 34.7 Å². The highest BCUT2D eigenvalue weighted by Gasteiger charge is 2.42. The fourth-order valence-corrected chi connectivity index (χ4v) is 5.93. The second-order valence-corrected chi connectivity index (χ2v) is 10.8. The number of hydrogen-bond acceptors (Lipinski definition) is 3. The molecule has 0 saturated carbocycles.